The number of methoxy groups -OCH3 is 1. The first-order valence-electron chi connectivity index (χ1n) is 7.10. The van der Waals surface area contributed by atoms with E-state index in [1.54, 1.807) is 31.4 Å². The molecule has 2 N–H and O–H groups in total. The van der Waals surface area contributed by atoms with Crippen LogP contribution in [-0.2, 0) is 0 Å². The number of aryl methyl sites for hydroxylation is 1. The Balaban J connectivity index is 2.26. The molecule has 0 radical (unpaired) electrons. The summed E-state index contributed by atoms with van der Waals surface area (Å²) >= 11 is 0. The molecule has 0 spiro atoms. The molecule has 1 aromatic heterocycles. The number of rotatable bonds is 3. The Bertz CT molecular complexity index is 958. The van der Waals surface area contributed by atoms with E-state index < -0.39 is 5.91 Å². The van der Waals surface area contributed by atoms with Gasteiger partial charge in [-0.25, -0.2) is 4.99 Å². The molecular formula is C18H16N2O3. The third-order valence-corrected chi connectivity index (χ3v) is 3.45. The van der Waals surface area contributed by atoms with Crippen molar-refractivity contribution < 1.29 is 13.9 Å². The van der Waals surface area contributed by atoms with E-state index in [9.17, 15) is 4.79 Å². The average Bonchev–Trinajstić information content (AvgIpc) is 2.53. The standard InChI is InChI=1S/C18H16N2O3/c1-11-4-3-5-13(8-11)20-18-15(17(19)21)10-12-9-14(22-2)6-7-16(12)23-18/h3-10H,1-2H3,(H2,19,21). The van der Waals surface area contributed by atoms with Crippen LogP contribution in [0.25, 0.3) is 11.0 Å². The summed E-state index contributed by atoms with van der Waals surface area (Å²) in [6, 6.07) is 14.6. The maximum Gasteiger partial charge on any atom is 0.254 e. The van der Waals surface area contributed by atoms with Crippen LogP contribution in [0.1, 0.15) is 15.9 Å². The lowest BCUT2D eigenvalue weighted by Crippen LogP contribution is -2.21. The molecule has 1 amide bonds. The van der Waals surface area contributed by atoms with Crippen LogP contribution in [0.15, 0.2) is 57.9 Å². The molecule has 0 aliphatic carbocycles. The zero-order valence-electron chi connectivity index (χ0n) is 12.9. The number of nitrogens with zero attached hydrogens (tertiary/aromatic N) is 1. The van der Waals surface area contributed by atoms with E-state index in [1.165, 1.54) is 0 Å². The first-order chi connectivity index (χ1) is 11.1. The number of carbonyl (C=O) groups excluding carboxylic acids is 1. The Kier molecular flexibility index (Phi) is 3.85. The molecule has 2 aromatic carbocycles. The van der Waals surface area contributed by atoms with Gasteiger partial charge in [0.1, 0.15) is 16.9 Å². The summed E-state index contributed by atoms with van der Waals surface area (Å²) in [5.74, 6) is 0.0800. The molecule has 23 heavy (non-hydrogen) atoms. The van der Waals surface area contributed by atoms with Crippen LogP contribution in [0.5, 0.6) is 5.75 Å². The van der Waals surface area contributed by atoms with E-state index in [0.29, 0.717) is 17.0 Å². The predicted octanol–water partition coefficient (Wildman–Crippen LogP) is 3.08. The maximum absolute atomic E-state index is 11.7. The molecule has 0 aliphatic heterocycles. The molecule has 0 saturated carbocycles. The highest BCUT2D eigenvalue weighted by Crippen LogP contribution is 2.21. The van der Waals surface area contributed by atoms with Crippen molar-refractivity contribution in [3.8, 4) is 5.75 Å². The molecule has 0 atom stereocenters. The summed E-state index contributed by atoms with van der Waals surface area (Å²) < 4.78 is 11.0. The van der Waals surface area contributed by atoms with Crippen LogP contribution in [0.4, 0.5) is 5.69 Å². The Morgan fingerprint density at radius 1 is 1.17 bits per heavy atom. The fourth-order valence-electron chi connectivity index (χ4n) is 2.31. The lowest BCUT2D eigenvalue weighted by molar-refractivity contribution is 0.0996. The lowest BCUT2D eigenvalue weighted by Gasteiger charge is -2.04. The van der Waals surface area contributed by atoms with Crippen LogP contribution in [0, 0.1) is 6.92 Å². The summed E-state index contributed by atoms with van der Waals surface area (Å²) in [6.07, 6.45) is 0. The van der Waals surface area contributed by atoms with Crippen LogP contribution >= 0.6 is 0 Å². The van der Waals surface area contributed by atoms with Gasteiger partial charge in [0.25, 0.3) is 5.91 Å². The summed E-state index contributed by atoms with van der Waals surface area (Å²) in [5.41, 5.74) is 8.26. The predicted molar refractivity (Wildman–Crippen MR) is 87.7 cm³/mol. The molecule has 5 nitrogen and oxygen atoms in total. The number of amides is 1. The zero-order valence-corrected chi connectivity index (χ0v) is 12.9. The van der Waals surface area contributed by atoms with Gasteiger partial charge in [-0.2, -0.15) is 0 Å². The van der Waals surface area contributed by atoms with Crippen molar-refractivity contribution in [3.05, 3.63) is 65.2 Å². The smallest absolute Gasteiger partial charge is 0.254 e. The number of nitrogens with two attached hydrogens (primary N) is 1. The van der Waals surface area contributed by atoms with Crippen molar-refractivity contribution >= 4 is 22.6 Å². The van der Waals surface area contributed by atoms with E-state index in [2.05, 4.69) is 4.99 Å². The van der Waals surface area contributed by atoms with Gasteiger partial charge in [0.15, 0.2) is 0 Å². The highest BCUT2D eigenvalue weighted by Gasteiger charge is 2.10. The Morgan fingerprint density at radius 2 is 2.00 bits per heavy atom. The van der Waals surface area contributed by atoms with E-state index in [0.717, 1.165) is 10.9 Å². The number of fused-ring (bicyclic) bond motifs is 1. The molecule has 5 heteroatoms. The minimum atomic E-state index is -0.593. The van der Waals surface area contributed by atoms with Crippen molar-refractivity contribution in [1.82, 2.24) is 0 Å². The van der Waals surface area contributed by atoms with Crippen molar-refractivity contribution in [2.45, 2.75) is 6.92 Å². The number of benzene rings is 2. The maximum atomic E-state index is 11.7. The third-order valence-electron chi connectivity index (χ3n) is 3.45. The van der Waals surface area contributed by atoms with Gasteiger partial charge >= 0.3 is 0 Å². The quantitative estimate of drug-likeness (QED) is 0.807. The van der Waals surface area contributed by atoms with Gasteiger partial charge in [0.05, 0.1) is 12.8 Å². The molecule has 0 saturated heterocycles. The lowest BCUT2D eigenvalue weighted by atomic mass is 10.1. The number of carbonyl (C=O) groups is 1. The second-order valence-corrected chi connectivity index (χ2v) is 5.18. The number of hydrogen-bond acceptors (Lipinski definition) is 4. The Hall–Kier alpha value is -3.08. The first-order valence-corrected chi connectivity index (χ1v) is 7.10. The van der Waals surface area contributed by atoms with E-state index in [1.807, 2.05) is 31.2 Å². The molecule has 116 valence electrons. The van der Waals surface area contributed by atoms with Crippen LogP contribution in [-0.4, -0.2) is 13.0 Å². The van der Waals surface area contributed by atoms with E-state index in [-0.39, 0.29) is 11.1 Å². The van der Waals surface area contributed by atoms with Crippen molar-refractivity contribution in [2.75, 3.05) is 7.11 Å². The summed E-state index contributed by atoms with van der Waals surface area (Å²) in [7, 11) is 1.58. The number of hydrogen-bond donors (Lipinski definition) is 1. The van der Waals surface area contributed by atoms with Crippen LogP contribution < -0.4 is 16.0 Å². The average molecular weight is 308 g/mol. The normalized spacial score (nSPS) is 11.7. The summed E-state index contributed by atoms with van der Waals surface area (Å²) in [5, 5.41) is 0.723. The third kappa shape index (κ3) is 3.08. The Morgan fingerprint density at radius 3 is 2.70 bits per heavy atom. The number of primary amides is 1. The summed E-state index contributed by atoms with van der Waals surface area (Å²) in [6.45, 7) is 1.97. The highest BCUT2D eigenvalue weighted by atomic mass is 16.5. The largest absolute Gasteiger partial charge is 0.497 e. The fourth-order valence-corrected chi connectivity index (χ4v) is 2.31. The molecular weight excluding hydrogens is 292 g/mol. The second kappa shape index (κ2) is 5.96. The SMILES string of the molecule is COc1ccc2oc(=Nc3cccc(C)c3)c(C(N)=O)cc2c1. The van der Waals surface area contributed by atoms with Gasteiger partial charge in [-0.05, 0) is 48.9 Å². The summed E-state index contributed by atoms with van der Waals surface area (Å²) in [4.78, 5) is 16.2. The van der Waals surface area contributed by atoms with Crippen LogP contribution in [0.3, 0.4) is 0 Å². The van der Waals surface area contributed by atoms with Gasteiger partial charge in [0, 0.05) is 5.39 Å². The van der Waals surface area contributed by atoms with Gasteiger partial charge in [0.2, 0.25) is 5.55 Å². The van der Waals surface area contributed by atoms with Gasteiger partial charge in [-0.3, -0.25) is 4.79 Å². The minimum absolute atomic E-state index is 0.195. The molecule has 0 fully saturated rings. The molecule has 0 bridgehead atoms. The van der Waals surface area contributed by atoms with Crippen LogP contribution in [0.2, 0.25) is 0 Å². The second-order valence-electron chi connectivity index (χ2n) is 5.18. The van der Waals surface area contributed by atoms with Crippen molar-refractivity contribution in [3.63, 3.8) is 0 Å². The fraction of sp³-hybridized carbons (Fsp3) is 0.111. The first kappa shape index (κ1) is 14.8. The number of ether oxygens (including phenoxy) is 1. The molecule has 1 heterocycles. The molecule has 3 rings (SSSR count). The zero-order chi connectivity index (χ0) is 16.4. The topological polar surface area (TPSA) is 77.8 Å². The van der Waals surface area contributed by atoms with E-state index >= 15 is 0 Å². The minimum Gasteiger partial charge on any atom is -0.497 e. The molecule has 0 aliphatic rings. The van der Waals surface area contributed by atoms with Crippen molar-refractivity contribution in [1.29, 1.82) is 0 Å². The molecule has 3 aromatic rings. The molecule has 0 unspecified atom stereocenters. The van der Waals surface area contributed by atoms with Gasteiger partial charge in [-0.1, -0.05) is 12.1 Å². The van der Waals surface area contributed by atoms with E-state index in [4.69, 9.17) is 14.9 Å². The van der Waals surface area contributed by atoms with Gasteiger partial charge < -0.3 is 14.9 Å². The van der Waals surface area contributed by atoms with Gasteiger partial charge in [-0.15, -0.1) is 0 Å². The van der Waals surface area contributed by atoms with Crippen molar-refractivity contribution in [2.24, 2.45) is 10.7 Å². The monoisotopic (exact) mass is 308 g/mol. The Labute approximate surface area is 133 Å². The highest BCUT2D eigenvalue weighted by molar-refractivity contribution is 5.95.